The van der Waals surface area contributed by atoms with Crippen molar-refractivity contribution in [2.45, 2.75) is 19.9 Å². The quantitative estimate of drug-likeness (QED) is 0.455. The molecule has 1 amide bonds. The number of carbonyl (C=O) groups is 1. The Morgan fingerprint density at radius 1 is 1.19 bits per heavy atom. The van der Waals surface area contributed by atoms with Crippen LogP contribution in [0.5, 0.6) is 11.5 Å². The van der Waals surface area contributed by atoms with Crippen molar-refractivity contribution in [3.63, 3.8) is 0 Å². The molecule has 9 heteroatoms. The van der Waals surface area contributed by atoms with Crippen molar-refractivity contribution in [2.24, 2.45) is 4.99 Å². The Bertz CT molecular complexity index is 1590. The Balaban J connectivity index is 1.81. The average molecular weight is 427 g/mol. The molecule has 4 heterocycles. The number of rotatable bonds is 2. The van der Waals surface area contributed by atoms with Crippen LogP contribution in [-0.2, 0) is 0 Å². The summed E-state index contributed by atoms with van der Waals surface area (Å²) in [6.07, 6.45) is 1.62. The van der Waals surface area contributed by atoms with E-state index < -0.39 is 5.91 Å². The van der Waals surface area contributed by atoms with E-state index in [2.05, 4.69) is 16.0 Å². The van der Waals surface area contributed by atoms with Gasteiger partial charge in [-0.2, -0.15) is 10.3 Å². The fraction of sp³-hybridized carbons (Fsp3) is 0.174. The Labute approximate surface area is 181 Å². The van der Waals surface area contributed by atoms with Crippen LogP contribution in [0.1, 0.15) is 35.8 Å². The Kier molecular flexibility index (Phi) is 4.48. The largest absolute Gasteiger partial charge is 0.454 e. The molecule has 0 aliphatic carbocycles. The van der Waals surface area contributed by atoms with Gasteiger partial charge < -0.3 is 14.0 Å². The van der Waals surface area contributed by atoms with Crippen molar-refractivity contribution in [3.05, 3.63) is 75.6 Å². The van der Waals surface area contributed by atoms with E-state index in [1.165, 1.54) is 10.5 Å². The molecule has 158 valence electrons. The first-order chi connectivity index (χ1) is 15.5. The normalized spacial score (nSPS) is 13.1. The summed E-state index contributed by atoms with van der Waals surface area (Å²) in [7, 11) is 0. The zero-order valence-corrected chi connectivity index (χ0v) is 17.3. The summed E-state index contributed by atoms with van der Waals surface area (Å²) in [4.78, 5) is 35.0. The molecule has 0 atom stereocenters. The minimum Gasteiger partial charge on any atom is -0.454 e. The van der Waals surface area contributed by atoms with Crippen molar-refractivity contribution in [1.29, 1.82) is 5.26 Å². The highest BCUT2D eigenvalue weighted by atomic mass is 16.7. The third-order valence-corrected chi connectivity index (χ3v) is 5.20. The predicted molar refractivity (Wildman–Crippen MR) is 115 cm³/mol. The lowest BCUT2D eigenvalue weighted by molar-refractivity contribution is 0.0996. The second kappa shape index (κ2) is 7.35. The fourth-order valence-corrected chi connectivity index (χ4v) is 3.72. The van der Waals surface area contributed by atoms with Crippen molar-refractivity contribution in [3.8, 4) is 17.6 Å². The smallest absolute Gasteiger partial charge is 0.279 e. The topological polar surface area (TPSA) is 111 Å². The molecule has 0 radical (unpaired) electrons. The molecule has 9 nitrogen and oxygen atoms in total. The molecule has 0 N–H and O–H groups in total. The third kappa shape index (κ3) is 3.01. The number of amides is 1. The molecule has 3 aromatic heterocycles. The van der Waals surface area contributed by atoms with Crippen LogP contribution in [0, 0.1) is 11.3 Å². The van der Waals surface area contributed by atoms with E-state index in [0.717, 1.165) is 0 Å². The number of ether oxygens (including phenoxy) is 2. The third-order valence-electron chi connectivity index (χ3n) is 5.20. The molecule has 1 aromatic carbocycles. The van der Waals surface area contributed by atoms with Gasteiger partial charge in [-0.15, -0.1) is 0 Å². The van der Waals surface area contributed by atoms with Gasteiger partial charge in [0.05, 0.1) is 10.9 Å². The molecule has 0 spiro atoms. The monoisotopic (exact) mass is 427 g/mol. The van der Waals surface area contributed by atoms with E-state index >= 15 is 0 Å². The number of nitriles is 1. The molecule has 32 heavy (non-hydrogen) atoms. The van der Waals surface area contributed by atoms with Gasteiger partial charge in [0, 0.05) is 17.8 Å². The molecule has 0 fully saturated rings. The molecule has 4 aromatic rings. The summed E-state index contributed by atoms with van der Waals surface area (Å²) in [6, 6.07) is 13.3. The van der Waals surface area contributed by atoms with Crippen LogP contribution < -0.4 is 20.5 Å². The molecular formula is C23H17N5O4. The molecule has 0 bridgehead atoms. The van der Waals surface area contributed by atoms with Gasteiger partial charge in [-0.1, -0.05) is 6.07 Å². The molecule has 5 rings (SSSR count). The average Bonchev–Trinajstić information content (AvgIpc) is 3.26. The van der Waals surface area contributed by atoms with Crippen molar-refractivity contribution < 1.29 is 14.3 Å². The van der Waals surface area contributed by atoms with E-state index in [0.29, 0.717) is 28.4 Å². The van der Waals surface area contributed by atoms with Crippen LogP contribution in [-0.4, -0.2) is 26.7 Å². The van der Waals surface area contributed by atoms with Gasteiger partial charge in [0.15, 0.2) is 17.0 Å². The molecular weight excluding hydrogens is 410 g/mol. The van der Waals surface area contributed by atoms with Crippen LogP contribution >= 0.6 is 0 Å². The number of nitrogens with zero attached hydrogens (tertiary/aromatic N) is 5. The molecule has 0 unspecified atom stereocenters. The maximum absolute atomic E-state index is 13.1. The standard InChI is InChI=1S/C23H17N5O4/c1-13(2)28-20(26-22(29)14-6-7-17-18(10-14)32-12-31-17)15(11-24)9-16-21(28)25-19-5-3-4-8-27(19)23(16)30/h3-10,13H,12H2,1-2H3. The lowest BCUT2D eigenvalue weighted by Gasteiger charge is -2.16. The summed E-state index contributed by atoms with van der Waals surface area (Å²) in [5.41, 5.74) is 1.05. The minimum absolute atomic E-state index is 0.0931. The number of carbonyl (C=O) groups excluding carboxylic acids is 1. The first-order valence-electron chi connectivity index (χ1n) is 9.93. The van der Waals surface area contributed by atoms with Crippen molar-refractivity contribution in [1.82, 2.24) is 14.0 Å². The van der Waals surface area contributed by atoms with Gasteiger partial charge in [-0.25, -0.2) is 4.98 Å². The number of pyridine rings is 2. The summed E-state index contributed by atoms with van der Waals surface area (Å²) in [6.45, 7) is 3.84. The second-order valence-corrected chi connectivity index (χ2v) is 7.53. The highest BCUT2D eigenvalue weighted by Gasteiger charge is 2.19. The first-order valence-corrected chi connectivity index (χ1v) is 9.93. The zero-order chi connectivity index (χ0) is 22.4. The van der Waals surface area contributed by atoms with Gasteiger partial charge in [0.1, 0.15) is 17.4 Å². The van der Waals surface area contributed by atoms with Crippen LogP contribution in [0.25, 0.3) is 16.7 Å². The van der Waals surface area contributed by atoms with E-state index in [1.54, 1.807) is 47.2 Å². The van der Waals surface area contributed by atoms with E-state index in [1.807, 2.05) is 13.8 Å². The van der Waals surface area contributed by atoms with Crippen LogP contribution in [0.2, 0.25) is 0 Å². The minimum atomic E-state index is -0.550. The molecule has 0 saturated carbocycles. The summed E-state index contributed by atoms with van der Waals surface area (Å²) >= 11 is 0. The van der Waals surface area contributed by atoms with Gasteiger partial charge in [-0.3, -0.25) is 14.0 Å². The van der Waals surface area contributed by atoms with Gasteiger partial charge in [0.2, 0.25) is 6.79 Å². The van der Waals surface area contributed by atoms with Gasteiger partial charge in [-0.05, 0) is 50.2 Å². The van der Waals surface area contributed by atoms with Gasteiger partial charge in [0.25, 0.3) is 11.5 Å². The van der Waals surface area contributed by atoms with Crippen molar-refractivity contribution in [2.75, 3.05) is 6.79 Å². The predicted octanol–water partition coefficient (Wildman–Crippen LogP) is 2.57. The van der Waals surface area contributed by atoms with Crippen molar-refractivity contribution >= 4 is 22.6 Å². The first kappa shape index (κ1) is 19.5. The Morgan fingerprint density at radius 3 is 2.78 bits per heavy atom. The Morgan fingerprint density at radius 2 is 2.00 bits per heavy atom. The number of benzene rings is 1. The molecule has 1 aliphatic rings. The second-order valence-electron chi connectivity index (χ2n) is 7.53. The summed E-state index contributed by atoms with van der Waals surface area (Å²) < 4.78 is 13.7. The van der Waals surface area contributed by atoms with E-state index in [-0.39, 0.29) is 34.8 Å². The number of fused-ring (bicyclic) bond motifs is 3. The fourth-order valence-electron chi connectivity index (χ4n) is 3.72. The van der Waals surface area contributed by atoms with Crippen LogP contribution in [0.3, 0.4) is 0 Å². The Hall–Kier alpha value is -4.45. The van der Waals surface area contributed by atoms with E-state index in [4.69, 9.17) is 9.47 Å². The maximum atomic E-state index is 13.1. The number of hydrogen-bond acceptors (Lipinski definition) is 6. The maximum Gasteiger partial charge on any atom is 0.279 e. The molecule has 0 saturated heterocycles. The summed E-state index contributed by atoms with van der Waals surface area (Å²) in [5.74, 6) is 0.466. The van der Waals surface area contributed by atoms with Crippen LogP contribution in [0.15, 0.2) is 58.4 Å². The lowest BCUT2D eigenvalue weighted by Crippen LogP contribution is -2.30. The highest BCUT2D eigenvalue weighted by Crippen LogP contribution is 2.32. The highest BCUT2D eigenvalue weighted by molar-refractivity contribution is 5.95. The number of aromatic nitrogens is 3. The lowest BCUT2D eigenvalue weighted by atomic mass is 10.2. The zero-order valence-electron chi connectivity index (χ0n) is 17.3. The van der Waals surface area contributed by atoms with E-state index in [9.17, 15) is 14.9 Å². The van der Waals surface area contributed by atoms with Gasteiger partial charge >= 0.3 is 0 Å². The SMILES string of the molecule is CC(C)n1c(=NC(=O)c2ccc3c(c2)OCO3)c(C#N)cc2c(=O)n3ccccc3nc21. The molecule has 1 aliphatic heterocycles. The van der Waals surface area contributed by atoms with Crippen LogP contribution in [0.4, 0.5) is 0 Å². The number of hydrogen-bond donors (Lipinski definition) is 0. The summed E-state index contributed by atoms with van der Waals surface area (Å²) in [5, 5.41) is 10.1.